The molecule has 0 heterocycles. The van der Waals surface area contributed by atoms with E-state index in [-0.39, 0.29) is 30.9 Å². The van der Waals surface area contributed by atoms with Crippen LogP contribution in [0.1, 0.15) is 27.7 Å². The normalized spacial score (nSPS) is 12.6. The number of aliphatic carboxylic acids is 1. The minimum atomic E-state index is -3.58. The van der Waals surface area contributed by atoms with Gasteiger partial charge in [0.25, 0.3) is 0 Å². The molecule has 0 unspecified atom stereocenters. The third-order valence-corrected chi connectivity index (χ3v) is 3.81. The molecule has 0 aliphatic rings. The summed E-state index contributed by atoms with van der Waals surface area (Å²) in [6.45, 7) is 7.10. The molecule has 1 N–H and O–H groups in total. The van der Waals surface area contributed by atoms with Crippen molar-refractivity contribution in [2.45, 2.75) is 33.8 Å². The van der Waals surface area contributed by atoms with Crippen LogP contribution >= 0.6 is 0 Å². The lowest BCUT2D eigenvalue weighted by molar-refractivity contribution is -0.137. The number of sulfonamides is 1. The van der Waals surface area contributed by atoms with Crippen LogP contribution in [0.25, 0.3) is 0 Å². The second-order valence-corrected chi connectivity index (χ2v) is 6.90. The van der Waals surface area contributed by atoms with Crippen molar-refractivity contribution in [2.24, 2.45) is 5.92 Å². The summed E-state index contributed by atoms with van der Waals surface area (Å²) in [6, 6.07) is 0. The molecule has 108 valence electrons. The maximum Gasteiger partial charge on any atom is 0.318 e. The van der Waals surface area contributed by atoms with Gasteiger partial charge in [-0.1, -0.05) is 13.8 Å². The molecule has 0 bridgehead atoms. The van der Waals surface area contributed by atoms with Gasteiger partial charge in [0, 0.05) is 6.54 Å². The van der Waals surface area contributed by atoms with Gasteiger partial charge in [0.1, 0.15) is 6.54 Å². The summed E-state index contributed by atoms with van der Waals surface area (Å²) in [5.41, 5.74) is 0. The van der Waals surface area contributed by atoms with E-state index in [9.17, 15) is 13.2 Å². The van der Waals surface area contributed by atoms with Crippen molar-refractivity contribution >= 4 is 16.0 Å². The lowest BCUT2D eigenvalue weighted by Gasteiger charge is -2.22. The van der Waals surface area contributed by atoms with Crippen LogP contribution in [0.2, 0.25) is 0 Å². The SMILES string of the molecule is CC(C)CN(CC(=O)O)S(=O)(=O)CCOC(C)C. The van der Waals surface area contributed by atoms with Crippen molar-refractivity contribution < 1.29 is 23.1 Å². The smallest absolute Gasteiger partial charge is 0.318 e. The number of nitrogens with zero attached hydrogens (tertiary/aromatic N) is 1. The number of carboxylic acids is 1. The average molecular weight is 281 g/mol. The first kappa shape index (κ1) is 17.3. The van der Waals surface area contributed by atoms with Crippen LogP contribution in [0.5, 0.6) is 0 Å². The Hall–Kier alpha value is -0.660. The first-order valence-corrected chi connectivity index (χ1v) is 7.57. The van der Waals surface area contributed by atoms with E-state index in [0.717, 1.165) is 4.31 Å². The first-order valence-electron chi connectivity index (χ1n) is 5.96. The van der Waals surface area contributed by atoms with Gasteiger partial charge in [0.15, 0.2) is 0 Å². The predicted octanol–water partition coefficient (Wildman–Crippen LogP) is 0.784. The highest BCUT2D eigenvalue weighted by Crippen LogP contribution is 2.07. The fourth-order valence-electron chi connectivity index (χ4n) is 1.35. The molecule has 0 aromatic heterocycles. The van der Waals surface area contributed by atoms with Crippen molar-refractivity contribution in [2.75, 3.05) is 25.4 Å². The third kappa shape index (κ3) is 7.62. The van der Waals surface area contributed by atoms with E-state index in [0.29, 0.717) is 0 Å². The molecular formula is C11H23NO5S. The highest BCUT2D eigenvalue weighted by molar-refractivity contribution is 7.89. The van der Waals surface area contributed by atoms with E-state index in [2.05, 4.69) is 0 Å². The predicted molar refractivity (Wildman–Crippen MR) is 68.9 cm³/mol. The Morgan fingerprint density at radius 1 is 1.28 bits per heavy atom. The molecule has 0 atom stereocenters. The molecule has 0 rings (SSSR count). The summed E-state index contributed by atoms with van der Waals surface area (Å²) in [5, 5.41) is 8.74. The molecule has 0 radical (unpaired) electrons. The zero-order chi connectivity index (χ0) is 14.3. The first-order chi connectivity index (χ1) is 8.15. The minimum Gasteiger partial charge on any atom is -0.480 e. The molecule has 0 saturated heterocycles. The quantitative estimate of drug-likeness (QED) is 0.675. The fraction of sp³-hybridized carbons (Fsp3) is 0.909. The second kappa shape index (κ2) is 7.70. The van der Waals surface area contributed by atoms with Gasteiger partial charge >= 0.3 is 5.97 Å². The zero-order valence-corrected chi connectivity index (χ0v) is 12.2. The van der Waals surface area contributed by atoms with Crippen molar-refractivity contribution in [1.29, 1.82) is 0 Å². The van der Waals surface area contributed by atoms with Gasteiger partial charge in [-0.05, 0) is 19.8 Å². The number of carboxylic acid groups (broad SMARTS) is 1. The molecule has 0 aromatic carbocycles. The molecule has 0 aromatic rings. The molecule has 18 heavy (non-hydrogen) atoms. The Morgan fingerprint density at radius 3 is 2.22 bits per heavy atom. The third-order valence-electron chi connectivity index (χ3n) is 2.07. The van der Waals surface area contributed by atoms with Gasteiger partial charge in [0.05, 0.1) is 18.5 Å². The number of carbonyl (C=O) groups is 1. The second-order valence-electron chi connectivity index (χ2n) is 4.82. The summed E-state index contributed by atoms with van der Waals surface area (Å²) in [5.74, 6) is -1.26. The molecule has 0 amide bonds. The van der Waals surface area contributed by atoms with Gasteiger partial charge in [-0.25, -0.2) is 8.42 Å². The lowest BCUT2D eigenvalue weighted by Crippen LogP contribution is -2.40. The van der Waals surface area contributed by atoms with Crippen molar-refractivity contribution in [1.82, 2.24) is 4.31 Å². The number of rotatable bonds is 9. The summed E-state index contributed by atoms with van der Waals surface area (Å²) in [7, 11) is -3.58. The Labute approximate surface area is 109 Å². The van der Waals surface area contributed by atoms with Gasteiger partial charge in [0.2, 0.25) is 10.0 Å². The Morgan fingerprint density at radius 2 is 1.83 bits per heavy atom. The number of ether oxygens (including phenoxy) is 1. The molecule has 0 aliphatic carbocycles. The highest BCUT2D eigenvalue weighted by Gasteiger charge is 2.25. The van der Waals surface area contributed by atoms with Crippen LogP contribution in [0, 0.1) is 5.92 Å². The molecular weight excluding hydrogens is 258 g/mol. The van der Waals surface area contributed by atoms with Crippen LogP contribution in [-0.4, -0.2) is 55.4 Å². The largest absolute Gasteiger partial charge is 0.480 e. The molecule has 0 aliphatic heterocycles. The summed E-state index contributed by atoms with van der Waals surface area (Å²) >= 11 is 0. The Balaban J connectivity index is 4.58. The van der Waals surface area contributed by atoms with Crippen molar-refractivity contribution in [3.63, 3.8) is 0 Å². The highest BCUT2D eigenvalue weighted by atomic mass is 32.2. The number of hydrogen-bond acceptors (Lipinski definition) is 4. The fourth-order valence-corrected chi connectivity index (χ4v) is 2.75. The summed E-state index contributed by atoms with van der Waals surface area (Å²) < 4.78 is 30.1. The maximum atomic E-state index is 12.0. The molecule has 7 heteroatoms. The molecule has 6 nitrogen and oxygen atoms in total. The molecule has 0 fully saturated rings. The van der Waals surface area contributed by atoms with Crippen LogP contribution < -0.4 is 0 Å². The Kier molecular flexibility index (Phi) is 7.42. The van der Waals surface area contributed by atoms with E-state index < -0.39 is 22.5 Å². The van der Waals surface area contributed by atoms with Gasteiger partial charge in [-0.3, -0.25) is 4.79 Å². The van der Waals surface area contributed by atoms with Crippen LogP contribution in [0.3, 0.4) is 0 Å². The molecule has 0 saturated carbocycles. The van der Waals surface area contributed by atoms with E-state index >= 15 is 0 Å². The maximum absolute atomic E-state index is 12.0. The van der Waals surface area contributed by atoms with E-state index in [4.69, 9.17) is 9.84 Å². The number of hydrogen-bond donors (Lipinski definition) is 1. The standard InChI is InChI=1S/C11H23NO5S/c1-9(2)7-12(8-11(13)14)18(15,16)6-5-17-10(3)4/h9-10H,5-8H2,1-4H3,(H,13,14). The average Bonchev–Trinajstić information content (AvgIpc) is 2.13. The lowest BCUT2D eigenvalue weighted by atomic mass is 10.2. The van der Waals surface area contributed by atoms with Gasteiger partial charge < -0.3 is 9.84 Å². The zero-order valence-electron chi connectivity index (χ0n) is 11.4. The monoisotopic (exact) mass is 281 g/mol. The minimum absolute atomic E-state index is 0.0433. The van der Waals surface area contributed by atoms with E-state index in [1.165, 1.54) is 0 Å². The van der Waals surface area contributed by atoms with Gasteiger partial charge in [-0.15, -0.1) is 0 Å². The van der Waals surface area contributed by atoms with Crippen LogP contribution in [-0.2, 0) is 19.6 Å². The van der Waals surface area contributed by atoms with Crippen molar-refractivity contribution in [3.05, 3.63) is 0 Å². The van der Waals surface area contributed by atoms with E-state index in [1.54, 1.807) is 0 Å². The summed E-state index contributed by atoms with van der Waals surface area (Å²) in [4.78, 5) is 10.7. The van der Waals surface area contributed by atoms with E-state index in [1.807, 2.05) is 27.7 Å². The van der Waals surface area contributed by atoms with Crippen LogP contribution in [0.4, 0.5) is 0 Å². The Bertz CT molecular complexity index is 350. The topological polar surface area (TPSA) is 83.9 Å². The van der Waals surface area contributed by atoms with Gasteiger partial charge in [-0.2, -0.15) is 4.31 Å². The van der Waals surface area contributed by atoms with Crippen LogP contribution in [0.15, 0.2) is 0 Å². The van der Waals surface area contributed by atoms with Crippen molar-refractivity contribution in [3.8, 4) is 0 Å². The molecule has 0 spiro atoms. The summed E-state index contributed by atoms with van der Waals surface area (Å²) in [6.07, 6.45) is -0.0433.